The number of hydrogen-bond donors (Lipinski definition) is 2. The molecule has 0 amide bonds. The van der Waals surface area contributed by atoms with E-state index in [2.05, 4.69) is 10.3 Å². The van der Waals surface area contributed by atoms with Gasteiger partial charge in [0.1, 0.15) is 5.82 Å². The standard InChI is InChI=1S/C12H9F4N3/c13-9-5-7(4-8(6-9)12(14,15)16)10(17)11-18-2-1-3-19-11/h1-6,11,17-18H. The predicted molar refractivity (Wildman–Crippen MR) is 62.8 cm³/mol. The number of allylic oxidation sites excluding steroid dienone is 1. The van der Waals surface area contributed by atoms with Crippen LogP contribution >= 0.6 is 0 Å². The molecule has 1 unspecified atom stereocenters. The third-order valence-electron chi connectivity index (χ3n) is 2.48. The molecule has 0 fully saturated rings. The third-order valence-corrected chi connectivity index (χ3v) is 2.48. The van der Waals surface area contributed by atoms with E-state index in [1.165, 1.54) is 12.4 Å². The van der Waals surface area contributed by atoms with Crippen LogP contribution in [-0.4, -0.2) is 18.1 Å². The fourth-order valence-electron chi connectivity index (χ4n) is 1.59. The minimum Gasteiger partial charge on any atom is -0.365 e. The minimum absolute atomic E-state index is 0.155. The van der Waals surface area contributed by atoms with Crippen LogP contribution in [0.25, 0.3) is 0 Å². The highest BCUT2D eigenvalue weighted by atomic mass is 19.4. The van der Waals surface area contributed by atoms with Gasteiger partial charge in [0.2, 0.25) is 0 Å². The molecule has 1 aliphatic heterocycles. The third kappa shape index (κ3) is 2.98. The lowest BCUT2D eigenvalue weighted by Crippen LogP contribution is -2.33. The summed E-state index contributed by atoms with van der Waals surface area (Å²) in [6.07, 6.45) is -0.958. The lowest BCUT2D eigenvalue weighted by molar-refractivity contribution is -0.137. The molecule has 1 atom stereocenters. The molecule has 7 heteroatoms. The fraction of sp³-hybridized carbons (Fsp3) is 0.167. The highest BCUT2D eigenvalue weighted by Gasteiger charge is 2.32. The van der Waals surface area contributed by atoms with E-state index in [1.54, 1.807) is 6.08 Å². The summed E-state index contributed by atoms with van der Waals surface area (Å²) in [4.78, 5) is 3.88. The first-order chi connectivity index (χ1) is 8.88. The van der Waals surface area contributed by atoms with Crippen LogP contribution in [0.1, 0.15) is 11.1 Å². The van der Waals surface area contributed by atoms with Crippen LogP contribution in [0.5, 0.6) is 0 Å². The molecule has 19 heavy (non-hydrogen) atoms. The summed E-state index contributed by atoms with van der Waals surface area (Å²) in [5.74, 6) is -1.04. The predicted octanol–water partition coefficient (Wildman–Crippen LogP) is 2.73. The lowest BCUT2D eigenvalue weighted by atomic mass is 10.0. The molecule has 2 rings (SSSR count). The highest BCUT2D eigenvalue weighted by Crippen LogP contribution is 2.30. The smallest absolute Gasteiger partial charge is 0.365 e. The van der Waals surface area contributed by atoms with Gasteiger partial charge in [0, 0.05) is 11.8 Å². The van der Waals surface area contributed by atoms with Crippen LogP contribution < -0.4 is 5.32 Å². The van der Waals surface area contributed by atoms with Crippen molar-refractivity contribution in [3.8, 4) is 0 Å². The molecule has 0 radical (unpaired) electrons. The van der Waals surface area contributed by atoms with Gasteiger partial charge in [-0.2, -0.15) is 13.2 Å². The van der Waals surface area contributed by atoms with Crippen molar-refractivity contribution >= 4 is 11.9 Å². The number of rotatable bonds is 2. The van der Waals surface area contributed by atoms with Gasteiger partial charge in [0.05, 0.1) is 11.3 Å². The molecule has 0 bridgehead atoms. The molecule has 100 valence electrons. The normalized spacial score (nSPS) is 18.2. The van der Waals surface area contributed by atoms with Crippen molar-refractivity contribution < 1.29 is 17.6 Å². The second kappa shape index (κ2) is 4.83. The Labute approximate surface area is 106 Å². The number of nitrogens with zero attached hydrogens (tertiary/aromatic N) is 1. The molecule has 1 heterocycles. The molecule has 0 saturated heterocycles. The Hall–Kier alpha value is -2.18. The van der Waals surface area contributed by atoms with Gasteiger partial charge >= 0.3 is 6.18 Å². The molecule has 0 saturated carbocycles. The maximum absolute atomic E-state index is 13.2. The van der Waals surface area contributed by atoms with E-state index in [-0.39, 0.29) is 11.3 Å². The van der Waals surface area contributed by atoms with E-state index >= 15 is 0 Å². The van der Waals surface area contributed by atoms with Crippen molar-refractivity contribution in [3.05, 3.63) is 47.4 Å². The van der Waals surface area contributed by atoms with E-state index in [0.29, 0.717) is 6.07 Å². The summed E-state index contributed by atoms with van der Waals surface area (Å²) in [5, 5.41) is 10.5. The van der Waals surface area contributed by atoms with E-state index in [0.717, 1.165) is 12.1 Å². The average molecular weight is 271 g/mol. The number of nitrogens with one attached hydrogen (secondary N) is 2. The van der Waals surface area contributed by atoms with Gasteiger partial charge < -0.3 is 10.7 Å². The Morgan fingerprint density at radius 3 is 2.58 bits per heavy atom. The van der Waals surface area contributed by atoms with Crippen LogP contribution in [0.2, 0.25) is 0 Å². The largest absolute Gasteiger partial charge is 0.416 e. The molecule has 0 aliphatic carbocycles. The Balaban J connectivity index is 2.34. The Morgan fingerprint density at radius 2 is 2.00 bits per heavy atom. The summed E-state index contributed by atoms with van der Waals surface area (Å²) in [7, 11) is 0. The molecular weight excluding hydrogens is 262 g/mol. The topological polar surface area (TPSA) is 48.2 Å². The van der Waals surface area contributed by atoms with E-state index < -0.39 is 23.7 Å². The van der Waals surface area contributed by atoms with Gasteiger partial charge in [-0.1, -0.05) is 0 Å². The zero-order valence-electron chi connectivity index (χ0n) is 9.50. The van der Waals surface area contributed by atoms with Crippen molar-refractivity contribution in [1.29, 1.82) is 5.41 Å². The number of benzene rings is 1. The molecule has 1 aromatic carbocycles. The summed E-state index contributed by atoms with van der Waals surface area (Å²) in [6.45, 7) is 0. The number of halogens is 4. The van der Waals surface area contributed by atoms with E-state index in [1.807, 2.05) is 0 Å². The Bertz CT molecular complexity index is 561. The molecule has 2 N–H and O–H groups in total. The second-order valence-corrected chi connectivity index (χ2v) is 3.87. The molecule has 0 aromatic heterocycles. The van der Waals surface area contributed by atoms with Crippen molar-refractivity contribution in [1.82, 2.24) is 5.32 Å². The first kappa shape index (κ1) is 13.3. The maximum atomic E-state index is 13.2. The van der Waals surface area contributed by atoms with E-state index in [4.69, 9.17) is 5.41 Å². The van der Waals surface area contributed by atoms with Gasteiger partial charge in [0.15, 0.2) is 6.17 Å². The quantitative estimate of drug-likeness (QED) is 0.630. The monoisotopic (exact) mass is 271 g/mol. The maximum Gasteiger partial charge on any atom is 0.416 e. The molecule has 3 nitrogen and oxygen atoms in total. The molecule has 1 aromatic rings. The van der Waals surface area contributed by atoms with Crippen molar-refractivity contribution in [3.63, 3.8) is 0 Å². The van der Waals surface area contributed by atoms with Crippen molar-refractivity contribution in [2.24, 2.45) is 4.99 Å². The van der Waals surface area contributed by atoms with Gasteiger partial charge in [-0.05, 0) is 30.5 Å². The number of hydrogen-bond acceptors (Lipinski definition) is 3. The van der Waals surface area contributed by atoms with Gasteiger partial charge in [-0.3, -0.25) is 4.99 Å². The van der Waals surface area contributed by atoms with Crippen LogP contribution in [0, 0.1) is 11.2 Å². The van der Waals surface area contributed by atoms with Crippen LogP contribution in [0.3, 0.4) is 0 Å². The minimum atomic E-state index is -4.65. The second-order valence-electron chi connectivity index (χ2n) is 3.87. The van der Waals surface area contributed by atoms with E-state index in [9.17, 15) is 17.6 Å². The summed E-state index contributed by atoms with van der Waals surface area (Å²) >= 11 is 0. The highest BCUT2D eigenvalue weighted by molar-refractivity contribution is 6.03. The zero-order chi connectivity index (χ0) is 14.0. The lowest BCUT2D eigenvalue weighted by Gasteiger charge is -2.17. The number of alkyl halides is 3. The first-order valence-corrected chi connectivity index (χ1v) is 5.29. The Kier molecular flexibility index (Phi) is 3.37. The summed E-state index contributed by atoms with van der Waals surface area (Å²) < 4.78 is 50.9. The van der Waals surface area contributed by atoms with Gasteiger partial charge in [-0.15, -0.1) is 0 Å². The Morgan fingerprint density at radius 1 is 1.26 bits per heavy atom. The SMILES string of the molecule is N=C(c1cc(F)cc(C(F)(F)F)c1)C1N=CC=CN1. The molecular formula is C12H9F4N3. The zero-order valence-corrected chi connectivity index (χ0v) is 9.50. The van der Waals surface area contributed by atoms with Gasteiger partial charge in [-0.25, -0.2) is 4.39 Å². The van der Waals surface area contributed by atoms with Crippen LogP contribution in [0.15, 0.2) is 35.5 Å². The summed E-state index contributed by atoms with van der Waals surface area (Å²) in [5.41, 5.74) is -1.51. The molecule has 1 aliphatic rings. The van der Waals surface area contributed by atoms with Crippen molar-refractivity contribution in [2.75, 3.05) is 0 Å². The average Bonchev–Trinajstić information content (AvgIpc) is 2.37. The van der Waals surface area contributed by atoms with Crippen LogP contribution in [-0.2, 0) is 6.18 Å². The molecule has 0 spiro atoms. The fourth-order valence-corrected chi connectivity index (χ4v) is 1.59. The van der Waals surface area contributed by atoms with Gasteiger partial charge in [0.25, 0.3) is 0 Å². The number of aliphatic imine (C=N–C) groups is 1. The first-order valence-electron chi connectivity index (χ1n) is 5.29. The van der Waals surface area contributed by atoms with Crippen LogP contribution in [0.4, 0.5) is 17.6 Å². The summed E-state index contributed by atoms with van der Waals surface area (Å²) in [6, 6.07) is 2.02. The van der Waals surface area contributed by atoms with Crippen molar-refractivity contribution in [2.45, 2.75) is 12.3 Å².